The van der Waals surface area contributed by atoms with Crippen molar-refractivity contribution in [2.75, 3.05) is 9.80 Å². The highest BCUT2D eigenvalue weighted by atomic mass is 15.2. The molecule has 2 nitrogen and oxygen atoms in total. The molecule has 3 heteroatoms. The smallest absolute Gasteiger partial charge is 0.252 e. The van der Waals surface area contributed by atoms with Crippen LogP contribution in [-0.4, -0.2) is 6.71 Å². The molecule has 0 saturated heterocycles. The maximum Gasteiger partial charge on any atom is 0.252 e. The third-order valence-corrected chi connectivity index (χ3v) is 17.2. The molecule has 0 saturated carbocycles. The van der Waals surface area contributed by atoms with Crippen LogP contribution in [0.5, 0.6) is 0 Å². The van der Waals surface area contributed by atoms with Crippen LogP contribution in [0.2, 0.25) is 0 Å². The second-order valence-corrected chi connectivity index (χ2v) is 25.1. The Balaban J connectivity index is 1.32. The Bertz CT molecular complexity index is 3250. The molecular weight excluding hydrogens is 964 g/mol. The fraction of sp³-hybridized carbons (Fsp3) is 0.299. The molecule has 2 heterocycles. The van der Waals surface area contributed by atoms with Crippen LogP contribution < -0.4 is 26.2 Å². The van der Waals surface area contributed by atoms with Crippen LogP contribution in [0.1, 0.15) is 148 Å². The normalized spacial score (nSPS) is 12.8. The minimum absolute atomic E-state index is 0.0139. The molecule has 2 aliphatic rings. The van der Waals surface area contributed by atoms with Crippen LogP contribution in [0.4, 0.5) is 34.1 Å². The molecule has 2 aliphatic heterocycles. The van der Waals surface area contributed by atoms with E-state index in [0.29, 0.717) is 0 Å². The molecule has 404 valence electrons. The highest BCUT2D eigenvalue weighted by Gasteiger charge is 2.45. The van der Waals surface area contributed by atoms with Gasteiger partial charge < -0.3 is 9.80 Å². The van der Waals surface area contributed by atoms with Crippen molar-refractivity contribution in [3.63, 3.8) is 0 Å². The van der Waals surface area contributed by atoms with Gasteiger partial charge in [0.05, 0.1) is 11.4 Å². The number of nitrogens with zero attached hydrogens (tertiary/aromatic N) is 2. The summed E-state index contributed by atoms with van der Waals surface area (Å²) in [7, 11) is 0. The van der Waals surface area contributed by atoms with Gasteiger partial charge in [-0.25, -0.2) is 0 Å². The van der Waals surface area contributed by atoms with Gasteiger partial charge in [0.1, 0.15) is 0 Å². The van der Waals surface area contributed by atoms with Crippen molar-refractivity contribution in [2.45, 2.75) is 150 Å². The van der Waals surface area contributed by atoms with Gasteiger partial charge >= 0.3 is 0 Å². The number of anilines is 6. The van der Waals surface area contributed by atoms with Gasteiger partial charge in [-0.15, -0.1) is 0 Å². The molecule has 0 aromatic heterocycles. The Kier molecular flexibility index (Phi) is 16.0. The number of fused-ring (bicyclic) bond motifs is 4. The number of rotatable bonds is 18. The van der Waals surface area contributed by atoms with E-state index in [9.17, 15) is 0 Å². The van der Waals surface area contributed by atoms with E-state index in [4.69, 9.17) is 0 Å². The fourth-order valence-corrected chi connectivity index (χ4v) is 12.8. The predicted molar refractivity (Wildman–Crippen MR) is 349 cm³/mol. The van der Waals surface area contributed by atoms with Crippen LogP contribution >= 0.6 is 0 Å². The van der Waals surface area contributed by atoms with E-state index in [1.165, 1.54) is 174 Å². The van der Waals surface area contributed by atoms with Gasteiger partial charge in [-0.05, 0) is 164 Å². The van der Waals surface area contributed by atoms with Gasteiger partial charge in [0.2, 0.25) is 0 Å². The summed E-state index contributed by atoms with van der Waals surface area (Å²) in [6, 6.07) is 75.7. The van der Waals surface area contributed by atoms with Gasteiger partial charge in [-0.3, -0.25) is 0 Å². The second-order valence-electron chi connectivity index (χ2n) is 25.1. The summed E-state index contributed by atoms with van der Waals surface area (Å²) in [6.45, 7) is 21.2. The van der Waals surface area contributed by atoms with Crippen molar-refractivity contribution in [3.05, 3.63) is 222 Å². The second kappa shape index (κ2) is 23.4. The van der Waals surface area contributed by atoms with E-state index in [0.717, 1.165) is 25.7 Å². The number of hydrogen-bond acceptors (Lipinski definition) is 2. The van der Waals surface area contributed by atoms with Crippen molar-refractivity contribution in [1.82, 2.24) is 0 Å². The monoisotopic (exact) mass is 1050 g/mol. The first-order valence-corrected chi connectivity index (χ1v) is 30.5. The highest BCUT2D eigenvalue weighted by Crippen LogP contribution is 2.54. The van der Waals surface area contributed by atoms with E-state index in [1.54, 1.807) is 0 Å². The molecule has 9 aromatic rings. The van der Waals surface area contributed by atoms with Crippen LogP contribution in [0.25, 0.3) is 44.5 Å². The third kappa shape index (κ3) is 10.9. The number of aryl methyl sites for hydroxylation is 3. The summed E-state index contributed by atoms with van der Waals surface area (Å²) in [5.41, 5.74) is 28.3. The number of benzene rings is 9. The lowest BCUT2D eigenvalue weighted by molar-refractivity contribution is 0.590. The van der Waals surface area contributed by atoms with E-state index >= 15 is 0 Å². The molecule has 80 heavy (non-hydrogen) atoms. The van der Waals surface area contributed by atoms with Gasteiger partial charge in [0.15, 0.2) is 0 Å². The summed E-state index contributed by atoms with van der Waals surface area (Å²) in [5.74, 6) is 0. The van der Waals surface area contributed by atoms with E-state index in [2.05, 4.69) is 266 Å². The lowest BCUT2D eigenvalue weighted by atomic mass is 9.33. The number of hydrogen-bond donors (Lipinski definition) is 0. The van der Waals surface area contributed by atoms with Crippen LogP contribution in [0.3, 0.4) is 0 Å². The molecule has 0 radical (unpaired) electrons. The summed E-state index contributed by atoms with van der Waals surface area (Å²) in [5, 5.41) is 0. The molecule has 9 aromatic carbocycles. The van der Waals surface area contributed by atoms with Gasteiger partial charge in [0, 0.05) is 45.0 Å². The average molecular weight is 1050 g/mol. The maximum absolute atomic E-state index is 2.77. The standard InChI is InChI=1S/C77H83BN2/c1-10-13-20-31-54-42-44-67-69(46-54)79(74-63(57-34-23-16-24-35-57)50-61(76(4,5)6)51-64(74)58-36-25-17-26-37-58)71-48-56(33-22-15-12-3)49-72-73(71)78(67)68-45-43-55(32-21-14-11-2)47-70(68)80(72)75-65(59-38-27-18-28-39-59)52-62(77(7,8)9)53-66(75)60-40-29-19-30-41-60/h16-19,23-30,34-53H,10-15,20-22,31-33H2,1-9H3. The van der Waals surface area contributed by atoms with Crippen LogP contribution in [0, 0.1) is 0 Å². The minimum Gasteiger partial charge on any atom is -0.310 e. The summed E-state index contributed by atoms with van der Waals surface area (Å²) in [4.78, 5) is 5.55. The Morgan fingerprint density at radius 3 is 0.925 bits per heavy atom. The van der Waals surface area contributed by atoms with E-state index in [-0.39, 0.29) is 17.5 Å². The lowest BCUT2D eigenvalue weighted by Gasteiger charge is -2.46. The first kappa shape index (κ1) is 54.6. The topological polar surface area (TPSA) is 6.48 Å². The Morgan fingerprint density at radius 2 is 0.625 bits per heavy atom. The quantitative estimate of drug-likeness (QED) is 0.0624. The Hall–Kier alpha value is -7.36. The summed E-state index contributed by atoms with van der Waals surface area (Å²) < 4.78 is 0. The fourth-order valence-electron chi connectivity index (χ4n) is 12.8. The van der Waals surface area contributed by atoms with Crippen molar-refractivity contribution in [2.24, 2.45) is 0 Å². The Labute approximate surface area is 481 Å². The van der Waals surface area contributed by atoms with Gasteiger partial charge in [0.25, 0.3) is 6.71 Å². The van der Waals surface area contributed by atoms with E-state index < -0.39 is 0 Å². The van der Waals surface area contributed by atoms with Crippen molar-refractivity contribution < 1.29 is 0 Å². The molecule has 0 N–H and O–H groups in total. The minimum atomic E-state index is -0.101. The molecule has 0 amide bonds. The number of unbranched alkanes of at least 4 members (excludes halogenated alkanes) is 6. The lowest BCUT2D eigenvalue weighted by Crippen LogP contribution is -2.61. The first-order chi connectivity index (χ1) is 38.9. The molecule has 11 rings (SSSR count). The average Bonchev–Trinajstić information content (AvgIpc) is 1.73. The molecular formula is C77H83BN2. The SMILES string of the molecule is CCCCCc1ccc2c(c1)N(c1c(-c3ccccc3)cc(C(C)(C)C)cc1-c1ccccc1)c1cc(CCCCC)cc3c1B2c1ccc(CCCCC)cc1N3c1c(-c2ccccc2)cc(C(C)(C)C)cc1-c1ccccc1. The molecule has 0 bridgehead atoms. The zero-order chi connectivity index (χ0) is 55.5. The molecule has 0 atom stereocenters. The highest BCUT2D eigenvalue weighted by molar-refractivity contribution is 7.00. The van der Waals surface area contributed by atoms with Gasteiger partial charge in [-0.2, -0.15) is 0 Å². The first-order valence-electron chi connectivity index (χ1n) is 30.5. The van der Waals surface area contributed by atoms with E-state index in [1.807, 2.05) is 0 Å². The van der Waals surface area contributed by atoms with Crippen molar-refractivity contribution >= 4 is 57.2 Å². The van der Waals surface area contributed by atoms with Crippen LogP contribution in [0.15, 0.2) is 194 Å². The van der Waals surface area contributed by atoms with Crippen molar-refractivity contribution in [3.8, 4) is 44.5 Å². The molecule has 0 fully saturated rings. The predicted octanol–water partition coefficient (Wildman–Crippen LogP) is 20.2. The maximum atomic E-state index is 2.77. The molecule has 0 aliphatic carbocycles. The van der Waals surface area contributed by atoms with Gasteiger partial charge in [-0.1, -0.05) is 246 Å². The zero-order valence-electron chi connectivity index (χ0n) is 49.4. The van der Waals surface area contributed by atoms with Crippen LogP contribution in [-0.2, 0) is 30.1 Å². The molecule has 0 unspecified atom stereocenters. The largest absolute Gasteiger partial charge is 0.310 e. The summed E-state index contributed by atoms with van der Waals surface area (Å²) in [6.07, 6.45) is 13.8. The zero-order valence-corrected chi connectivity index (χ0v) is 49.4. The Morgan fingerprint density at radius 1 is 0.325 bits per heavy atom. The summed E-state index contributed by atoms with van der Waals surface area (Å²) >= 11 is 0. The van der Waals surface area contributed by atoms with Crippen molar-refractivity contribution in [1.29, 1.82) is 0 Å². The third-order valence-electron chi connectivity index (χ3n) is 17.2. The molecule has 0 spiro atoms.